The summed E-state index contributed by atoms with van der Waals surface area (Å²) in [6, 6.07) is 0. The number of rotatable bonds is 5. The maximum Gasteiger partial charge on any atom is 0.407 e. The van der Waals surface area contributed by atoms with Crippen molar-refractivity contribution >= 4 is 12.1 Å². The molecule has 0 saturated heterocycles. The van der Waals surface area contributed by atoms with E-state index in [1.165, 1.54) is 0 Å². The lowest BCUT2D eigenvalue weighted by Crippen LogP contribution is -2.33. The van der Waals surface area contributed by atoms with Crippen LogP contribution in [0.1, 0.15) is 41.0 Å². The predicted molar refractivity (Wildman–Crippen MR) is 69.4 cm³/mol. The molecule has 0 fully saturated rings. The van der Waals surface area contributed by atoms with E-state index in [0.717, 1.165) is 0 Å². The van der Waals surface area contributed by atoms with Crippen LogP contribution < -0.4 is 5.32 Å². The molecule has 0 heterocycles. The Morgan fingerprint density at radius 1 is 1.33 bits per heavy atom. The number of aliphatic carboxylic acids is 1. The smallest absolute Gasteiger partial charge is 0.407 e. The van der Waals surface area contributed by atoms with E-state index in [9.17, 15) is 9.59 Å². The van der Waals surface area contributed by atoms with E-state index in [1.54, 1.807) is 26.8 Å². The lowest BCUT2D eigenvalue weighted by atomic mass is 10.1. The van der Waals surface area contributed by atoms with Crippen molar-refractivity contribution in [1.29, 1.82) is 0 Å². The molecule has 0 aromatic carbocycles. The molecule has 0 aliphatic rings. The summed E-state index contributed by atoms with van der Waals surface area (Å²) < 4.78 is 5.04. The lowest BCUT2D eigenvalue weighted by Gasteiger charge is -2.19. The number of carbonyl (C=O) groups excluding carboxylic acids is 1. The molecular formula is C13H23NO4. The fourth-order valence-corrected chi connectivity index (χ4v) is 1.28. The lowest BCUT2D eigenvalue weighted by molar-refractivity contribution is -0.132. The van der Waals surface area contributed by atoms with Gasteiger partial charge in [-0.2, -0.15) is 0 Å². The second-order valence-corrected chi connectivity index (χ2v) is 5.42. The van der Waals surface area contributed by atoms with Gasteiger partial charge in [0.05, 0.1) is 0 Å². The van der Waals surface area contributed by atoms with Gasteiger partial charge in [0.25, 0.3) is 0 Å². The first-order valence-corrected chi connectivity index (χ1v) is 6.02. The summed E-state index contributed by atoms with van der Waals surface area (Å²) >= 11 is 0. The number of hydrogen-bond donors (Lipinski definition) is 2. The Labute approximate surface area is 108 Å². The van der Waals surface area contributed by atoms with Gasteiger partial charge >= 0.3 is 12.1 Å². The number of nitrogens with one attached hydrogen (secondary N) is 1. The molecule has 0 unspecified atom stereocenters. The van der Waals surface area contributed by atoms with Crippen molar-refractivity contribution < 1.29 is 19.4 Å². The van der Waals surface area contributed by atoms with Crippen LogP contribution in [0, 0.1) is 5.92 Å². The molecule has 0 aromatic heterocycles. The third-order valence-electron chi connectivity index (χ3n) is 1.87. The summed E-state index contributed by atoms with van der Waals surface area (Å²) in [5, 5.41) is 11.5. The average molecular weight is 257 g/mol. The molecular weight excluding hydrogens is 234 g/mol. The fourth-order valence-electron chi connectivity index (χ4n) is 1.28. The highest BCUT2D eigenvalue weighted by Crippen LogP contribution is 2.08. The summed E-state index contributed by atoms with van der Waals surface area (Å²) in [5.74, 6) is -0.785. The molecule has 0 aliphatic carbocycles. The van der Waals surface area contributed by atoms with E-state index in [2.05, 4.69) is 5.32 Å². The molecule has 0 radical (unpaired) electrons. The van der Waals surface area contributed by atoms with E-state index in [-0.39, 0.29) is 18.9 Å². The Morgan fingerprint density at radius 3 is 2.28 bits per heavy atom. The molecule has 0 rings (SSSR count). The Balaban J connectivity index is 4.16. The van der Waals surface area contributed by atoms with Gasteiger partial charge < -0.3 is 15.2 Å². The topological polar surface area (TPSA) is 75.6 Å². The summed E-state index contributed by atoms with van der Waals surface area (Å²) in [4.78, 5) is 22.3. The van der Waals surface area contributed by atoms with Gasteiger partial charge in [-0.15, -0.1) is 0 Å². The van der Waals surface area contributed by atoms with Crippen LogP contribution >= 0.6 is 0 Å². The zero-order chi connectivity index (χ0) is 14.3. The number of ether oxygens (including phenoxy) is 1. The quantitative estimate of drug-likeness (QED) is 0.742. The molecule has 5 heteroatoms. The first-order valence-electron chi connectivity index (χ1n) is 6.02. The minimum atomic E-state index is -0.949. The average Bonchev–Trinajstić information content (AvgIpc) is 2.12. The molecule has 1 amide bonds. The van der Waals surface area contributed by atoms with Crippen molar-refractivity contribution in [2.24, 2.45) is 5.92 Å². The Bertz CT molecular complexity index is 326. The van der Waals surface area contributed by atoms with E-state index >= 15 is 0 Å². The minimum Gasteiger partial charge on any atom is -0.478 e. The number of allylic oxidation sites excluding steroid dienone is 1. The highest BCUT2D eigenvalue weighted by molar-refractivity contribution is 5.86. The third-order valence-corrected chi connectivity index (χ3v) is 1.87. The van der Waals surface area contributed by atoms with Crippen LogP contribution in [0.2, 0.25) is 0 Å². The van der Waals surface area contributed by atoms with Crippen LogP contribution in [-0.4, -0.2) is 29.3 Å². The van der Waals surface area contributed by atoms with Gasteiger partial charge in [-0.25, -0.2) is 9.59 Å². The van der Waals surface area contributed by atoms with Crippen molar-refractivity contribution in [1.82, 2.24) is 5.32 Å². The molecule has 0 aromatic rings. The molecule has 0 bridgehead atoms. The number of carboxylic acids is 1. The summed E-state index contributed by atoms with van der Waals surface area (Å²) in [7, 11) is 0. The van der Waals surface area contributed by atoms with Crippen LogP contribution in [0.4, 0.5) is 4.79 Å². The zero-order valence-corrected chi connectivity index (χ0v) is 11.7. The molecule has 18 heavy (non-hydrogen) atoms. The Morgan fingerprint density at radius 2 is 1.89 bits per heavy atom. The van der Waals surface area contributed by atoms with Crippen LogP contribution in [0.15, 0.2) is 11.6 Å². The first kappa shape index (κ1) is 16.5. The van der Waals surface area contributed by atoms with E-state index in [1.807, 2.05) is 13.8 Å². The maximum atomic E-state index is 11.3. The second kappa shape index (κ2) is 7.03. The summed E-state index contributed by atoms with van der Waals surface area (Å²) in [6.07, 6.45) is 1.43. The fraction of sp³-hybridized carbons (Fsp3) is 0.692. The third kappa shape index (κ3) is 8.61. The Kier molecular flexibility index (Phi) is 6.44. The van der Waals surface area contributed by atoms with Crippen LogP contribution in [0.3, 0.4) is 0 Å². The molecule has 104 valence electrons. The monoisotopic (exact) mass is 257 g/mol. The van der Waals surface area contributed by atoms with E-state index in [0.29, 0.717) is 5.57 Å². The molecule has 0 aliphatic heterocycles. The number of alkyl carbamates (subject to hydrolysis) is 1. The van der Waals surface area contributed by atoms with Gasteiger partial charge in [-0.05, 0) is 33.1 Å². The van der Waals surface area contributed by atoms with Crippen LogP contribution in [0.25, 0.3) is 0 Å². The van der Waals surface area contributed by atoms with Gasteiger partial charge in [-0.3, -0.25) is 0 Å². The van der Waals surface area contributed by atoms with Gasteiger partial charge in [-0.1, -0.05) is 19.9 Å². The zero-order valence-electron chi connectivity index (χ0n) is 11.7. The molecule has 0 spiro atoms. The largest absolute Gasteiger partial charge is 0.478 e. The van der Waals surface area contributed by atoms with Gasteiger partial charge in [0.2, 0.25) is 0 Å². The van der Waals surface area contributed by atoms with Crippen molar-refractivity contribution in [3.63, 3.8) is 0 Å². The standard InChI is InChI=1S/C13H23NO4/c1-9(2)8-10(11(15)16)6-7-14-12(17)18-13(3,4)5/h8-9H,6-7H2,1-5H3,(H,14,17)(H,15,16)/b10-8+. The Hall–Kier alpha value is -1.52. The maximum absolute atomic E-state index is 11.3. The van der Waals surface area contributed by atoms with Gasteiger partial charge in [0, 0.05) is 12.1 Å². The van der Waals surface area contributed by atoms with Crippen LogP contribution in [-0.2, 0) is 9.53 Å². The van der Waals surface area contributed by atoms with Crippen molar-refractivity contribution in [3.8, 4) is 0 Å². The minimum absolute atomic E-state index is 0.164. The van der Waals surface area contributed by atoms with E-state index in [4.69, 9.17) is 9.84 Å². The number of carbonyl (C=O) groups is 2. The second-order valence-electron chi connectivity index (χ2n) is 5.42. The molecule has 0 atom stereocenters. The SMILES string of the molecule is CC(C)/C=C(\CCNC(=O)OC(C)(C)C)C(=O)O. The van der Waals surface area contributed by atoms with Crippen LogP contribution in [0.5, 0.6) is 0 Å². The molecule has 2 N–H and O–H groups in total. The number of hydrogen-bond acceptors (Lipinski definition) is 3. The highest BCUT2D eigenvalue weighted by atomic mass is 16.6. The number of carboxylic acid groups (broad SMARTS) is 1. The van der Waals surface area contributed by atoms with E-state index < -0.39 is 17.7 Å². The van der Waals surface area contributed by atoms with Gasteiger partial charge in [0.15, 0.2) is 0 Å². The molecule has 0 saturated carbocycles. The summed E-state index contributed by atoms with van der Waals surface area (Å²) in [6.45, 7) is 9.38. The number of amides is 1. The normalized spacial score (nSPS) is 12.4. The predicted octanol–water partition coefficient (Wildman–Crippen LogP) is 2.57. The van der Waals surface area contributed by atoms with Crippen molar-refractivity contribution in [3.05, 3.63) is 11.6 Å². The highest BCUT2D eigenvalue weighted by Gasteiger charge is 2.16. The first-order chi connectivity index (χ1) is 8.11. The van der Waals surface area contributed by atoms with Crippen molar-refractivity contribution in [2.75, 3.05) is 6.54 Å². The van der Waals surface area contributed by atoms with Crippen molar-refractivity contribution in [2.45, 2.75) is 46.6 Å². The summed E-state index contributed by atoms with van der Waals surface area (Å²) in [5.41, 5.74) is -0.242. The van der Waals surface area contributed by atoms with Gasteiger partial charge in [0.1, 0.15) is 5.60 Å². The molecule has 5 nitrogen and oxygen atoms in total.